The number of hydrogen-bond acceptors (Lipinski definition) is 3. The largest absolute Gasteiger partial charge is 0.393 e. The van der Waals surface area contributed by atoms with Crippen LogP contribution >= 0.6 is 0 Å². The topological polar surface area (TPSA) is 57.5 Å². The molecular weight excluding hydrogens is 288 g/mol. The van der Waals surface area contributed by atoms with Crippen LogP contribution in [0.1, 0.15) is 58.8 Å². The van der Waals surface area contributed by atoms with Crippen molar-refractivity contribution in [3.8, 4) is 0 Å². The van der Waals surface area contributed by atoms with Crippen molar-refractivity contribution in [1.29, 1.82) is 0 Å². The quantitative estimate of drug-likeness (QED) is 0.781. The molecule has 0 aromatic carbocycles. The van der Waals surface area contributed by atoms with Gasteiger partial charge >= 0.3 is 0 Å². The minimum absolute atomic E-state index is 0.102. The first-order chi connectivity index (χ1) is 10.9. The molecule has 128 valence electrons. The third-order valence-electron chi connectivity index (χ3n) is 8.22. The second-order valence-corrected chi connectivity index (χ2v) is 9.04. The Morgan fingerprint density at radius 2 is 2.04 bits per heavy atom. The van der Waals surface area contributed by atoms with E-state index in [1.54, 1.807) is 0 Å². The molecule has 2 N–H and O–H groups in total. The molecule has 0 aliphatic heterocycles. The van der Waals surface area contributed by atoms with Gasteiger partial charge in [0, 0.05) is 11.8 Å². The number of hydrogen-bond donors (Lipinski definition) is 2. The number of carbonyl (C=O) groups is 1. The molecule has 0 amide bonds. The van der Waals surface area contributed by atoms with Gasteiger partial charge in [-0.05, 0) is 74.2 Å². The van der Waals surface area contributed by atoms with Gasteiger partial charge in [0.25, 0.3) is 0 Å². The first-order valence-electron chi connectivity index (χ1n) is 9.46. The summed E-state index contributed by atoms with van der Waals surface area (Å²) in [6, 6.07) is 0. The minimum atomic E-state index is -0.888. The molecule has 23 heavy (non-hydrogen) atoms. The Kier molecular flexibility index (Phi) is 3.55. The SMILES string of the molecule is C[C@@H]1CC2=CC(=O)CC[C@@H]2[C@H]2CC[C@@]3(C)[C@H](CC[C@@]3(O)CO)[C@@H]21. The lowest BCUT2D eigenvalue weighted by Crippen LogP contribution is -2.55. The van der Waals surface area contributed by atoms with E-state index in [4.69, 9.17) is 0 Å². The molecule has 0 saturated heterocycles. The second kappa shape index (κ2) is 5.16. The van der Waals surface area contributed by atoms with E-state index in [1.165, 1.54) is 5.57 Å². The van der Waals surface area contributed by atoms with E-state index in [0.29, 0.717) is 41.8 Å². The average molecular weight is 318 g/mol. The van der Waals surface area contributed by atoms with Crippen LogP contribution in [0.2, 0.25) is 0 Å². The Morgan fingerprint density at radius 3 is 2.78 bits per heavy atom. The van der Waals surface area contributed by atoms with Crippen LogP contribution in [0.15, 0.2) is 11.6 Å². The van der Waals surface area contributed by atoms with Crippen molar-refractivity contribution in [3.63, 3.8) is 0 Å². The monoisotopic (exact) mass is 318 g/mol. The lowest BCUT2D eigenvalue weighted by Gasteiger charge is -2.57. The van der Waals surface area contributed by atoms with Crippen molar-refractivity contribution in [2.24, 2.45) is 35.0 Å². The van der Waals surface area contributed by atoms with Gasteiger partial charge in [0.05, 0.1) is 12.2 Å². The zero-order valence-corrected chi connectivity index (χ0v) is 14.4. The zero-order chi connectivity index (χ0) is 16.4. The normalized spacial score (nSPS) is 52.4. The fourth-order valence-corrected chi connectivity index (χ4v) is 6.96. The predicted molar refractivity (Wildman–Crippen MR) is 88.7 cm³/mol. The van der Waals surface area contributed by atoms with Crippen molar-refractivity contribution >= 4 is 5.78 Å². The van der Waals surface area contributed by atoms with Gasteiger partial charge in [0.1, 0.15) is 0 Å². The number of rotatable bonds is 1. The van der Waals surface area contributed by atoms with Crippen molar-refractivity contribution in [2.45, 2.75) is 64.4 Å². The highest BCUT2D eigenvalue weighted by Gasteiger charge is 2.63. The summed E-state index contributed by atoms with van der Waals surface area (Å²) in [6.07, 6.45) is 8.70. The molecule has 4 aliphatic carbocycles. The van der Waals surface area contributed by atoms with Crippen LogP contribution in [0.4, 0.5) is 0 Å². The maximum atomic E-state index is 11.8. The van der Waals surface area contributed by atoms with Gasteiger partial charge in [-0.25, -0.2) is 0 Å². The first kappa shape index (κ1) is 15.8. The number of fused-ring (bicyclic) bond motifs is 5. The molecule has 0 heterocycles. The van der Waals surface area contributed by atoms with Crippen LogP contribution in [0.5, 0.6) is 0 Å². The molecule has 0 aromatic heterocycles. The predicted octanol–water partition coefficient (Wildman–Crippen LogP) is 3.10. The van der Waals surface area contributed by atoms with Gasteiger partial charge in [-0.3, -0.25) is 4.79 Å². The third-order valence-corrected chi connectivity index (χ3v) is 8.22. The Hall–Kier alpha value is -0.670. The molecule has 4 aliphatic rings. The van der Waals surface area contributed by atoms with Gasteiger partial charge in [-0.15, -0.1) is 0 Å². The van der Waals surface area contributed by atoms with Crippen molar-refractivity contribution in [3.05, 3.63) is 11.6 Å². The molecule has 3 saturated carbocycles. The summed E-state index contributed by atoms with van der Waals surface area (Å²) in [6.45, 7) is 4.46. The zero-order valence-electron chi connectivity index (χ0n) is 14.4. The Morgan fingerprint density at radius 1 is 1.26 bits per heavy atom. The van der Waals surface area contributed by atoms with Crippen LogP contribution in [-0.2, 0) is 4.79 Å². The smallest absolute Gasteiger partial charge is 0.155 e. The molecule has 3 nitrogen and oxygen atoms in total. The van der Waals surface area contributed by atoms with Crippen LogP contribution in [-0.4, -0.2) is 28.2 Å². The molecule has 0 aromatic rings. The number of ketones is 1. The highest BCUT2D eigenvalue weighted by Crippen LogP contribution is 2.65. The van der Waals surface area contributed by atoms with Crippen molar-refractivity contribution in [1.82, 2.24) is 0 Å². The lowest BCUT2D eigenvalue weighted by molar-refractivity contribution is -0.145. The molecule has 0 bridgehead atoms. The van der Waals surface area contributed by atoms with Crippen molar-refractivity contribution in [2.75, 3.05) is 6.61 Å². The molecule has 0 unspecified atom stereocenters. The summed E-state index contributed by atoms with van der Waals surface area (Å²) in [5.74, 6) is 3.34. The highest BCUT2D eigenvalue weighted by atomic mass is 16.3. The average Bonchev–Trinajstić information content (AvgIpc) is 2.79. The van der Waals surface area contributed by atoms with Crippen LogP contribution in [0, 0.1) is 35.0 Å². The molecule has 4 rings (SSSR count). The summed E-state index contributed by atoms with van der Waals surface area (Å²) >= 11 is 0. The van der Waals surface area contributed by atoms with E-state index < -0.39 is 5.60 Å². The van der Waals surface area contributed by atoms with Crippen LogP contribution in [0.3, 0.4) is 0 Å². The van der Waals surface area contributed by atoms with Gasteiger partial charge in [0.15, 0.2) is 5.78 Å². The van der Waals surface area contributed by atoms with Gasteiger partial charge in [-0.2, -0.15) is 0 Å². The Balaban J connectivity index is 1.68. The molecule has 7 atom stereocenters. The van der Waals surface area contributed by atoms with Gasteiger partial charge in [-0.1, -0.05) is 19.4 Å². The van der Waals surface area contributed by atoms with E-state index in [-0.39, 0.29) is 12.0 Å². The number of aliphatic hydroxyl groups is 2. The molecule has 0 spiro atoms. The maximum Gasteiger partial charge on any atom is 0.155 e. The van der Waals surface area contributed by atoms with Gasteiger partial charge < -0.3 is 10.2 Å². The van der Waals surface area contributed by atoms with Crippen molar-refractivity contribution < 1.29 is 15.0 Å². The highest BCUT2D eigenvalue weighted by molar-refractivity contribution is 5.91. The standard InChI is InChI=1S/C20H30O3/c1-12-9-13-10-14(22)3-4-15(13)16-5-7-19(2)17(18(12)16)6-8-20(19,23)11-21/h10,12,15-18,21,23H,3-9,11H2,1-2H3/t12-,15+,16-,17-,18-,19+,20-/m1/s1. The summed E-state index contributed by atoms with van der Waals surface area (Å²) in [5, 5.41) is 20.8. The van der Waals surface area contributed by atoms with Gasteiger partial charge in [0.2, 0.25) is 0 Å². The first-order valence-corrected chi connectivity index (χ1v) is 9.46. The maximum absolute atomic E-state index is 11.8. The molecule has 3 heteroatoms. The van der Waals surface area contributed by atoms with E-state index in [2.05, 4.69) is 13.8 Å². The minimum Gasteiger partial charge on any atom is -0.393 e. The number of aliphatic hydroxyl groups excluding tert-OH is 1. The molecule has 0 radical (unpaired) electrons. The molecular formula is C20H30O3. The summed E-state index contributed by atoms with van der Waals surface area (Å²) < 4.78 is 0. The van der Waals surface area contributed by atoms with E-state index in [0.717, 1.165) is 38.5 Å². The van der Waals surface area contributed by atoms with E-state index in [9.17, 15) is 15.0 Å². The third kappa shape index (κ3) is 2.05. The summed E-state index contributed by atoms with van der Waals surface area (Å²) in [4.78, 5) is 11.8. The number of carbonyl (C=O) groups excluding carboxylic acids is 1. The Labute approximate surface area is 139 Å². The fraction of sp³-hybridized carbons (Fsp3) is 0.850. The van der Waals surface area contributed by atoms with Crippen LogP contribution in [0.25, 0.3) is 0 Å². The van der Waals surface area contributed by atoms with Crippen LogP contribution < -0.4 is 0 Å². The fourth-order valence-electron chi connectivity index (χ4n) is 6.96. The second-order valence-electron chi connectivity index (χ2n) is 9.04. The molecule has 3 fully saturated rings. The Bertz CT molecular complexity index is 553. The summed E-state index contributed by atoms with van der Waals surface area (Å²) in [5.41, 5.74) is 0.387. The summed E-state index contributed by atoms with van der Waals surface area (Å²) in [7, 11) is 0. The number of allylic oxidation sites excluding steroid dienone is 1. The van der Waals surface area contributed by atoms with E-state index in [1.807, 2.05) is 6.08 Å². The lowest BCUT2D eigenvalue weighted by atomic mass is 9.48. The van der Waals surface area contributed by atoms with E-state index >= 15 is 0 Å².